The zero-order valence-corrected chi connectivity index (χ0v) is 12.9. The lowest BCUT2D eigenvalue weighted by molar-refractivity contribution is -0.0986. The molecule has 2 aromatic heterocycles. The van der Waals surface area contributed by atoms with E-state index < -0.39 is 18.3 Å². The van der Waals surface area contributed by atoms with Gasteiger partial charge in [-0.2, -0.15) is 11.3 Å². The summed E-state index contributed by atoms with van der Waals surface area (Å²) in [7, 11) is -1.22. The Morgan fingerprint density at radius 1 is 1.25 bits per heavy atom. The first-order valence-corrected chi connectivity index (χ1v) is 7.34. The normalized spacial score (nSPS) is 12.7. The van der Waals surface area contributed by atoms with Crippen molar-refractivity contribution in [1.82, 2.24) is 0 Å². The number of hydrogen-bond donors (Lipinski definition) is 2. The Bertz CT molecular complexity index is 554. The van der Waals surface area contributed by atoms with Crippen molar-refractivity contribution in [2.24, 2.45) is 0 Å². The third-order valence-corrected chi connectivity index (χ3v) is 4.28. The van der Waals surface area contributed by atoms with Crippen LogP contribution < -0.4 is 5.66 Å². The molecule has 0 saturated heterocycles. The topological polar surface area (TPSA) is 62.8 Å². The highest BCUT2D eigenvalue weighted by molar-refractivity contribution is 7.08. The predicted octanol–water partition coefficient (Wildman–Crippen LogP) is 2.26. The molecule has 2 heterocycles. The Hall–Kier alpha value is -1.08. The van der Waals surface area contributed by atoms with Crippen LogP contribution in [0.25, 0.3) is 11.1 Å². The van der Waals surface area contributed by atoms with Gasteiger partial charge in [0, 0.05) is 5.56 Å². The number of thiophene rings is 1. The van der Waals surface area contributed by atoms with Gasteiger partial charge in [0.05, 0.1) is 17.5 Å². The number of rotatable bonds is 5. The highest BCUT2D eigenvalue weighted by atomic mass is 32.1. The van der Waals surface area contributed by atoms with Crippen LogP contribution in [0.1, 0.15) is 27.7 Å². The molecule has 0 aliphatic heterocycles. The average molecular weight is 294 g/mol. The molecule has 108 valence electrons. The summed E-state index contributed by atoms with van der Waals surface area (Å²) in [5, 5.41) is 24.1. The van der Waals surface area contributed by atoms with Crippen LogP contribution in [0.5, 0.6) is 0 Å². The van der Waals surface area contributed by atoms with Crippen molar-refractivity contribution >= 4 is 24.1 Å². The zero-order valence-electron chi connectivity index (χ0n) is 12.1. The molecule has 0 fully saturated rings. The maximum absolute atomic E-state index is 10.1. The minimum atomic E-state index is -1.22. The highest BCUT2D eigenvalue weighted by Crippen LogP contribution is 2.26. The minimum absolute atomic E-state index is 0.323. The van der Waals surface area contributed by atoms with Crippen LogP contribution in [0.4, 0.5) is 0 Å². The third-order valence-electron chi connectivity index (χ3n) is 3.60. The summed E-state index contributed by atoms with van der Waals surface area (Å²) >= 11 is 1.60. The van der Waals surface area contributed by atoms with E-state index in [2.05, 4.69) is 0 Å². The smallest absolute Gasteiger partial charge is 0.472 e. The Balaban J connectivity index is 2.13. The first-order chi connectivity index (χ1) is 9.21. The molecule has 2 aromatic rings. The van der Waals surface area contributed by atoms with E-state index >= 15 is 0 Å². The lowest BCUT2D eigenvalue weighted by Crippen LogP contribution is -2.52. The summed E-state index contributed by atoms with van der Waals surface area (Å²) in [6.45, 7) is 6.72. The van der Waals surface area contributed by atoms with Gasteiger partial charge in [0.15, 0.2) is 0 Å². The van der Waals surface area contributed by atoms with Gasteiger partial charge in [0.1, 0.15) is 5.66 Å². The molecule has 0 radical (unpaired) electrons. The predicted molar refractivity (Wildman–Crippen MR) is 81.1 cm³/mol. The molecule has 0 amide bonds. The first kappa shape index (κ1) is 15.3. The van der Waals surface area contributed by atoms with Crippen molar-refractivity contribution < 1.29 is 19.2 Å². The highest BCUT2D eigenvalue weighted by Gasteiger charge is 2.40. The summed E-state index contributed by atoms with van der Waals surface area (Å²) in [5.74, 6) is 0. The van der Waals surface area contributed by atoms with Crippen molar-refractivity contribution in [3.8, 4) is 11.1 Å². The van der Waals surface area contributed by atoms with Gasteiger partial charge in [-0.3, -0.25) is 0 Å². The van der Waals surface area contributed by atoms with Gasteiger partial charge in [-0.05, 0) is 56.2 Å². The quantitative estimate of drug-likeness (QED) is 0.830. The molecule has 0 bridgehead atoms. The van der Waals surface area contributed by atoms with E-state index in [1.54, 1.807) is 51.4 Å². The van der Waals surface area contributed by atoms with E-state index in [0.29, 0.717) is 5.66 Å². The van der Waals surface area contributed by atoms with Gasteiger partial charge in [-0.1, -0.05) is 0 Å². The molecule has 2 rings (SSSR count). The van der Waals surface area contributed by atoms with Gasteiger partial charge in [0.25, 0.3) is 0 Å². The lowest BCUT2D eigenvalue weighted by atomic mass is 9.81. The Kier molecular flexibility index (Phi) is 4.11. The molecule has 6 heteroatoms. The van der Waals surface area contributed by atoms with Gasteiger partial charge in [-0.25, -0.2) is 0 Å². The van der Waals surface area contributed by atoms with Crippen LogP contribution in [0.3, 0.4) is 0 Å². The maximum atomic E-state index is 10.1. The molecule has 0 spiro atoms. The Morgan fingerprint density at radius 3 is 2.50 bits per heavy atom. The van der Waals surface area contributed by atoms with Gasteiger partial charge < -0.3 is 19.2 Å². The standard InChI is InChI=1S/C14H19BO4S/c1-13(2,16)14(3,4)19-15(17)12-7-11(8-18-12)10-5-6-20-9-10/h5-9,16-17H,1-4H3. The molecule has 0 aliphatic rings. The van der Waals surface area contributed by atoms with Crippen LogP contribution >= 0.6 is 11.3 Å². The minimum Gasteiger partial charge on any atom is -0.472 e. The second-order valence-corrected chi connectivity index (χ2v) is 6.57. The molecule has 0 saturated carbocycles. The van der Waals surface area contributed by atoms with Crippen molar-refractivity contribution in [3.63, 3.8) is 0 Å². The van der Waals surface area contributed by atoms with Gasteiger partial charge >= 0.3 is 7.12 Å². The summed E-state index contributed by atoms with van der Waals surface area (Å²) in [6.07, 6.45) is 1.58. The lowest BCUT2D eigenvalue weighted by Gasteiger charge is -2.38. The van der Waals surface area contributed by atoms with E-state index in [0.717, 1.165) is 11.1 Å². The van der Waals surface area contributed by atoms with Crippen LogP contribution in [0.2, 0.25) is 0 Å². The fraction of sp³-hybridized carbons (Fsp3) is 0.429. The van der Waals surface area contributed by atoms with Crippen LogP contribution in [-0.4, -0.2) is 28.5 Å². The fourth-order valence-corrected chi connectivity index (χ4v) is 2.21. The third kappa shape index (κ3) is 3.15. The van der Waals surface area contributed by atoms with Gasteiger partial charge in [0.2, 0.25) is 0 Å². The second kappa shape index (κ2) is 5.37. The molecule has 0 unspecified atom stereocenters. The largest absolute Gasteiger partial charge is 0.529 e. The molecule has 4 nitrogen and oxygen atoms in total. The van der Waals surface area contributed by atoms with E-state index in [9.17, 15) is 10.1 Å². The summed E-state index contributed by atoms with van der Waals surface area (Å²) in [5.41, 5.74) is 0.255. The average Bonchev–Trinajstić information content (AvgIpc) is 2.98. The van der Waals surface area contributed by atoms with Crippen LogP contribution in [-0.2, 0) is 4.65 Å². The Labute approximate surface area is 123 Å². The molecule has 0 aromatic carbocycles. The van der Waals surface area contributed by atoms with E-state index in [4.69, 9.17) is 9.07 Å². The van der Waals surface area contributed by atoms with E-state index in [1.807, 2.05) is 16.8 Å². The van der Waals surface area contributed by atoms with Gasteiger partial charge in [-0.15, -0.1) is 0 Å². The van der Waals surface area contributed by atoms with Crippen LogP contribution in [0.15, 0.2) is 33.6 Å². The molecule has 0 atom stereocenters. The summed E-state index contributed by atoms with van der Waals surface area (Å²) < 4.78 is 10.9. The monoisotopic (exact) mass is 294 g/mol. The molecule has 2 N–H and O–H groups in total. The SMILES string of the molecule is CC(C)(O)C(C)(C)OB(O)c1cc(-c2ccsc2)co1. The second-order valence-electron chi connectivity index (χ2n) is 5.79. The van der Waals surface area contributed by atoms with Crippen molar-refractivity contribution in [2.75, 3.05) is 0 Å². The van der Waals surface area contributed by atoms with E-state index in [-0.39, 0.29) is 0 Å². The number of furan rings is 1. The summed E-state index contributed by atoms with van der Waals surface area (Å²) in [6, 6.07) is 3.72. The van der Waals surface area contributed by atoms with Crippen LogP contribution in [0, 0.1) is 0 Å². The molecular weight excluding hydrogens is 275 g/mol. The fourth-order valence-electron chi connectivity index (χ4n) is 1.54. The molecular formula is C14H19BO4S. The molecule has 0 aliphatic carbocycles. The molecule has 20 heavy (non-hydrogen) atoms. The zero-order chi connectivity index (χ0) is 15.0. The van der Waals surface area contributed by atoms with Crippen molar-refractivity contribution in [3.05, 3.63) is 29.2 Å². The van der Waals surface area contributed by atoms with E-state index in [1.165, 1.54) is 0 Å². The maximum Gasteiger partial charge on any atom is 0.529 e. The van der Waals surface area contributed by atoms with Crippen molar-refractivity contribution in [1.29, 1.82) is 0 Å². The Morgan fingerprint density at radius 2 is 1.95 bits per heavy atom. The first-order valence-electron chi connectivity index (χ1n) is 6.40. The summed E-state index contributed by atoms with van der Waals surface area (Å²) in [4.78, 5) is 0. The van der Waals surface area contributed by atoms with Crippen molar-refractivity contribution in [2.45, 2.75) is 38.9 Å². The number of aliphatic hydroxyl groups is 1. The number of hydrogen-bond acceptors (Lipinski definition) is 5.